The van der Waals surface area contributed by atoms with Gasteiger partial charge in [0.1, 0.15) is 5.82 Å². The molecule has 1 aliphatic heterocycles. The van der Waals surface area contributed by atoms with Gasteiger partial charge in [0.15, 0.2) is 0 Å². The van der Waals surface area contributed by atoms with Gasteiger partial charge in [-0.2, -0.15) is 0 Å². The Kier molecular flexibility index (Phi) is 4.41. The first-order valence-electron chi connectivity index (χ1n) is 8.74. The van der Waals surface area contributed by atoms with Crippen molar-refractivity contribution in [1.29, 1.82) is 0 Å². The highest BCUT2D eigenvalue weighted by atomic mass is 15.3. The van der Waals surface area contributed by atoms with E-state index in [2.05, 4.69) is 41.7 Å². The maximum Gasteiger partial charge on any atom is 0.225 e. The minimum absolute atomic E-state index is 0.479. The maximum absolute atomic E-state index is 4.64. The first-order chi connectivity index (χ1) is 12.3. The Morgan fingerprint density at radius 1 is 1.08 bits per heavy atom. The van der Waals surface area contributed by atoms with Gasteiger partial charge >= 0.3 is 0 Å². The molecule has 0 amide bonds. The molecule has 0 aliphatic carbocycles. The first kappa shape index (κ1) is 15.7. The number of anilines is 1. The molecule has 0 spiro atoms. The molecule has 0 radical (unpaired) electrons. The molecule has 1 fully saturated rings. The molecule has 4 rings (SSSR count). The Bertz CT molecular complexity index is 821. The highest BCUT2D eigenvalue weighted by molar-refractivity contribution is 5.31. The number of rotatable bonds is 4. The Labute approximate surface area is 147 Å². The van der Waals surface area contributed by atoms with Crippen LogP contribution in [0.15, 0.2) is 49.2 Å². The molecule has 0 bridgehead atoms. The van der Waals surface area contributed by atoms with Gasteiger partial charge in [-0.3, -0.25) is 4.98 Å². The summed E-state index contributed by atoms with van der Waals surface area (Å²) in [4.78, 5) is 20.1. The smallest absolute Gasteiger partial charge is 0.225 e. The van der Waals surface area contributed by atoms with Crippen LogP contribution in [0.3, 0.4) is 0 Å². The molecule has 4 heterocycles. The molecule has 0 saturated carbocycles. The Morgan fingerprint density at radius 3 is 2.72 bits per heavy atom. The Hall–Kier alpha value is -2.76. The van der Waals surface area contributed by atoms with E-state index in [-0.39, 0.29) is 0 Å². The number of imidazole rings is 1. The molecular formula is C19H22N6. The molecule has 1 aliphatic rings. The summed E-state index contributed by atoms with van der Waals surface area (Å²) in [6, 6.07) is 6.02. The van der Waals surface area contributed by atoms with Gasteiger partial charge in [0, 0.05) is 55.7 Å². The SMILES string of the molecule is Cc1ccnc(N2CCC(c3nccn3Cc3cccnc3)CC2)n1. The van der Waals surface area contributed by atoms with E-state index < -0.39 is 0 Å². The van der Waals surface area contributed by atoms with Crippen molar-refractivity contribution in [3.8, 4) is 0 Å². The van der Waals surface area contributed by atoms with Crippen LogP contribution in [-0.4, -0.2) is 37.6 Å². The summed E-state index contributed by atoms with van der Waals surface area (Å²) in [5.74, 6) is 2.50. The minimum Gasteiger partial charge on any atom is -0.341 e. The zero-order valence-electron chi connectivity index (χ0n) is 14.4. The van der Waals surface area contributed by atoms with Crippen LogP contribution >= 0.6 is 0 Å². The van der Waals surface area contributed by atoms with Gasteiger partial charge in [-0.25, -0.2) is 15.0 Å². The van der Waals surface area contributed by atoms with E-state index in [0.717, 1.165) is 44.1 Å². The van der Waals surface area contributed by atoms with Gasteiger partial charge in [0.25, 0.3) is 0 Å². The number of aromatic nitrogens is 5. The van der Waals surface area contributed by atoms with Crippen molar-refractivity contribution in [3.05, 3.63) is 66.3 Å². The molecule has 6 heteroatoms. The van der Waals surface area contributed by atoms with E-state index in [1.807, 2.05) is 37.6 Å². The van der Waals surface area contributed by atoms with E-state index in [0.29, 0.717) is 5.92 Å². The number of nitrogens with zero attached hydrogens (tertiary/aromatic N) is 6. The lowest BCUT2D eigenvalue weighted by molar-refractivity contribution is 0.466. The molecule has 128 valence electrons. The molecule has 0 N–H and O–H groups in total. The molecule has 1 saturated heterocycles. The van der Waals surface area contributed by atoms with Crippen LogP contribution in [0.1, 0.15) is 35.8 Å². The van der Waals surface area contributed by atoms with Gasteiger partial charge in [0.05, 0.1) is 6.54 Å². The number of aryl methyl sites for hydroxylation is 1. The normalized spacial score (nSPS) is 15.5. The summed E-state index contributed by atoms with van der Waals surface area (Å²) in [7, 11) is 0. The van der Waals surface area contributed by atoms with Gasteiger partial charge in [-0.15, -0.1) is 0 Å². The number of hydrogen-bond donors (Lipinski definition) is 0. The summed E-state index contributed by atoms with van der Waals surface area (Å²) >= 11 is 0. The number of hydrogen-bond acceptors (Lipinski definition) is 5. The standard InChI is InChI=1S/C19H22N6/c1-15-4-8-22-19(23-15)24-10-5-17(6-11-24)18-21-9-12-25(18)14-16-3-2-7-20-13-16/h2-4,7-9,12-13,17H,5-6,10-11,14H2,1H3. The second kappa shape index (κ2) is 7.01. The van der Waals surface area contributed by atoms with E-state index in [4.69, 9.17) is 0 Å². The summed E-state index contributed by atoms with van der Waals surface area (Å²) in [5, 5.41) is 0. The summed E-state index contributed by atoms with van der Waals surface area (Å²) in [6.45, 7) is 4.76. The summed E-state index contributed by atoms with van der Waals surface area (Å²) in [6.07, 6.45) is 11.7. The van der Waals surface area contributed by atoms with Crippen LogP contribution in [0.5, 0.6) is 0 Å². The lowest BCUT2D eigenvalue weighted by Gasteiger charge is -2.32. The molecular weight excluding hydrogens is 312 g/mol. The highest BCUT2D eigenvalue weighted by Crippen LogP contribution is 2.28. The fourth-order valence-corrected chi connectivity index (χ4v) is 3.43. The van der Waals surface area contributed by atoms with Crippen LogP contribution in [0.2, 0.25) is 0 Å². The van der Waals surface area contributed by atoms with Gasteiger partial charge in [-0.1, -0.05) is 6.07 Å². The predicted octanol–water partition coefficient (Wildman–Crippen LogP) is 2.81. The highest BCUT2D eigenvalue weighted by Gasteiger charge is 2.25. The van der Waals surface area contributed by atoms with Crippen molar-refractivity contribution < 1.29 is 0 Å². The van der Waals surface area contributed by atoms with Crippen molar-refractivity contribution >= 4 is 5.95 Å². The third-order valence-corrected chi connectivity index (χ3v) is 4.75. The van der Waals surface area contributed by atoms with E-state index in [1.165, 1.54) is 11.4 Å². The van der Waals surface area contributed by atoms with Crippen molar-refractivity contribution in [3.63, 3.8) is 0 Å². The third-order valence-electron chi connectivity index (χ3n) is 4.75. The molecule has 0 atom stereocenters. The average Bonchev–Trinajstić information content (AvgIpc) is 3.11. The van der Waals surface area contributed by atoms with E-state index in [1.54, 1.807) is 6.20 Å². The monoisotopic (exact) mass is 334 g/mol. The quantitative estimate of drug-likeness (QED) is 0.734. The molecule has 0 aromatic carbocycles. The van der Waals surface area contributed by atoms with Crippen LogP contribution < -0.4 is 4.90 Å². The third kappa shape index (κ3) is 3.52. The van der Waals surface area contributed by atoms with Crippen molar-refractivity contribution in [2.24, 2.45) is 0 Å². The second-order valence-electron chi connectivity index (χ2n) is 6.53. The Balaban J connectivity index is 1.44. The minimum atomic E-state index is 0.479. The largest absolute Gasteiger partial charge is 0.341 e. The van der Waals surface area contributed by atoms with Gasteiger partial charge < -0.3 is 9.47 Å². The van der Waals surface area contributed by atoms with Crippen LogP contribution in [0.4, 0.5) is 5.95 Å². The van der Waals surface area contributed by atoms with Crippen molar-refractivity contribution in [2.75, 3.05) is 18.0 Å². The first-order valence-corrected chi connectivity index (χ1v) is 8.74. The Morgan fingerprint density at radius 2 is 1.96 bits per heavy atom. The zero-order chi connectivity index (χ0) is 17.1. The van der Waals surface area contributed by atoms with Gasteiger partial charge in [0.2, 0.25) is 5.95 Å². The van der Waals surface area contributed by atoms with Crippen LogP contribution in [-0.2, 0) is 6.54 Å². The van der Waals surface area contributed by atoms with Crippen LogP contribution in [0.25, 0.3) is 0 Å². The fraction of sp³-hybridized carbons (Fsp3) is 0.368. The van der Waals surface area contributed by atoms with Crippen molar-refractivity contribution in [2.45, 2.75) is 32.2 Å². The number of piperidine rings is 1. The van der Waals surface area contributed by atoms with E-state index >= 15 is 0 Å². The van der Waals surface area contributed by atoms with Crippen LogP contribution in [0, 0.1) is 6.92 Å². The molecule has 3 aromatic heterocycles. The van der Waals surface area contributed by atoms with Crippen molar-refractivity contribution in [1.82, 2.24) is 24.5 Å². The molecule has 6 nitrogen and oxygen atoms in total. The number of pyridine rings is 1. The summed E-state index contributed by atoms with van der Waals surface area (Å²) < 4.78 is 2.25. The second-order valence-corrected chi connectivity index (χ2v) is 6.53. The zero-order valence-corrected chi connectivity index (χ0v) is 14.4. The molecule has 3 aromatic rings. The average molecular weight is 334 g/mol. The maximum atomic E-state index is 4.64. The van der Waals surface area contributed by atoms with Gasteiger partial charge in [-0.05, 0) is 37.5 Å². The molecule has 25 heavy (non-hydrogen) atoms. The lowest BCUT2D eigenvalue weighted by atomic mass is 9.96. The topological polar surface area (TPSA) is 59.7 Å². The fourth-order valence-electron chi connectivity index (χ4n) is 3.43. The van der Waals surface area contributed by atoms with E-state index in [9.17, 15) is 0 Å². The lowest BCUT2D eigenvalue weighted by Crippen LogP contribution is -2.35. The summed E-state index contributed by atoms with van der Waals surface area (Å²) in [5.41, 5.74) is 2.21. The predicted molar refractivity (Wildman–Crippen MR) is 96.5 cm³/mol. The molecule has 0 unspecified atom stereocenters.